The van der Waals surface area contributed by atoms with Gasteiger partial charge in [-0.1, -0.05) is 68.5 Å². The third-order valence-corrected chi connectivity index (χ3v) is 5.94. The minimum absolute atomic E-state index is 0.0613. The van der Waals surface area contributed by atoms with Crippen LogP contribution in [-0.2, 0) is 16.1 Å². The second-order valence-electron chi connectivity index (χ2n) is 8.42. The first-order valence-electron chi connectivity index (χ1n) is 11.8. The molecule has 0 bridgehead atoms. The van der Waals surface area contributed by atoms with Crippen LogP contribution in [0.5, 0.6) is 5.75 Å². The van der Waals surface area contributed by atoms with Crippen molar-refractivity contribution in [3.8, 4) is 17.6 Å². The van der Waals surface area contributed by atoms with Crippen LogP contribution in [0.4, 0.5) is 5.69 Å². The Hall–Kier alpha value is -2.77. The first kappa shape index (κ1) is 23.9. The molecule has 0 heterocycles. The fourth-order valence-electron chi connectivity index (χ4n) is 4.33. The lowest BCUT2D eigenvalue weighted by atomic mass is 9.80. The van der Waals surface area contributed by atoms with Crippen LogP contribution in [0.25, 0.3) is 0 Å². The van der Waals surface area contributed by atoms with Gasteiger partial charge in [-0.15, -0.1) is 5.92 Å². The van der Waals surface area contributed by atoms with E-state index in [-0.39, 0.29) is 11.8 Å². The number of anilines is 1. The van der Waals surface area contributed by atoms with Gasteiger partial charge in [-0.25, -0.2) is 0 Å². The van der Waals surface area contributed by atoms with Crippen LogP contribution < -0.4 is 10.1 Å². The number of nitrogens with one attached hydrogen (secondary N) is 1. The van der Waals surface area contributed by atoms with Gasteiger partial charge in [0.2, 0.25) is 0 Å². The van der Waals surface area contributed by atoms with E-state index in [1.807, 2.05) is 61.5 Å². The molecule has 4 nitrogen and oxygen atoms in total. The average molecular weight is 434 g/mol. The highest BCUT2D eigenvalue weighted by Gasteiger charge is 2.34. The van der Waals surface area contributed by atoms with Crippen LogP contribution in [0.2, 0.25) is 0 Å². The normalized spacial score (nSPS) is 15.8. The van der Waals surface area contributed by atoms with E-state index in [4.69, 9.17) is 9.47 Å². The van der Waals surface area contributed by atoms with Crippen molar-refractivity contribution < 1.29 is 14.3 Å². The number of carbonyl (C=O) groups excluding carboxylic acids is 1. The zero-order valence-corrected chi connectivity index (χ0v) is 19.3. The molecule has 0 saturated heterocycles. The number of hydrogen-bond acceptors (Lipinski definition) is 4. The van der Waals surface area contributed by atoms with E-state index < -0.39 is 6.10 Å². The average Bonchev–Trinajstić information content (AvgIpc) is 2.82. The van der Waals surface area contributed by atoms with Crippen LogP contribution >= 0.6 is 0 Å². The largest absolute Gasteiger partial charge is 0.481 e. The Morgan fingerprint density at radius 3 is 2.56 bits per heavy atom. The van der Waals surface area contributed by atoms with Crippen LogP contribution in [-0.4, -0.2) is 24.5 Å². The highest BCUT2D eigenvalue weighted by molar-refractivity contribution is 5.82. The van der Waals surface area contributed by atoms with E-state index >= 15 is 0 Å². The first-order chi connectivity index (χ1) is 15.7. The summed E-state index contributed by atoms with van der Waals surface area (Å²) in [6, 6.07) is 17.9. The molecule has 0 amide bonds. The van der Waals surface area contributed by atoms with Gasteiger partial charge in [-0.2, -0.15) is 0 Å². The molecule has 3 rings (SSSR count). The Kier molecular flexibility index (Phi) is 9.65. The summed E-state index contributed by atoms with van der Waals surface area (Å²) in [6.07, 6.45) is 6.21. The van der Waals surface area contributed by atoms with E-state index in [1.54, 1.807) is 6.92 Å². The van der Waals surface area contributed by atoms with Crippen LogP contribution in [0.15, 0.2) is 54.6 Å². The van der Waals surface area contributed by atoms with Gasteiger partial charge >= 0.3 is 0 Å². The first-order valence-corrected chi connectivity index (χ1v) is 11.8. The Labute approximate surface area is 192 Å². The molecular weight excluding hydrogens is 398 g/mol. The molecule has 1 fully saturated rings. The number of benzene rings is 2. The van der Waals surface area contributed by atoms with Crippen LogP contribution in [0.3, 0.4) is 0 Å². The van der Waals surface area contributed by atoms with Gasteiger partial charge in [-0.05, 0) is 43.4 Å². The summed E-state index contributed by atoms with van der Waals surface area (Å²) in [4.78, 5) is 12.7. The lowest BCUT2D eigenvalue weighted by Crippen LogP contribution is -2.46. The van der Waals surface area contributed by atoms with E-state index in [2.05, 4.69) is 17.2 Å². The summed E-state index contributed by atoms with van der Waals surface area (Å²) < 4.78 is 12.0. The van der Waals surface area contributed by atoms with Gasteiger partial charge in [0.05, 0.1) is 12.6 Å². The molecule has 0 aliphatic heterocycles. The lowest BCUT2D eigenvalue weighted by Gasteiger charge is -2.36. The van der Waals surface area contributed by atoms with Crippen molar-refractivity contribution in [3.05, 3.63) is 60.2 Å². The maximum absolute atomic E-state index is 12.7. The molecule has 4 heteroatoms. The molecule has 2 aromatic carbocycles. The van der Waals surface area contributed by atoms with E-state index in [9.17, 15) is 4.79 Å². The number of ketones is 1. The van der Waals surface area contributed by atoms with E-state index in [1.165, 1.54) is 19.3 Å². The van der Waals surface area contributed by atoms with Crippen molar-refractivity contribution in [2.24, 2.45) is 5.92 Å². The van der Waals surface area contributed by atoms with Crippen molar-refractivity contribution >= 4 is 11.5 Å². The summed E-state index contributed by atoms with van der Waals surface area (Å²) in [5.41, 5.74) is 2.01. The van der Waals surface area contributed by atoms with Gasteiger partial charge in [-0.3, -0.25) is 4.79 Å². The molecule has 1 aliphatic carbocycles. The third-order valence-electron chi connectivity index (χ3n) is 5.94. The molecule has 2 atom stereocenters. The molecule has 0 aromatic heterocycles. The minimum Gasteiger partial charge on any atom is -0.481 e. The highest BCUT2D eigenvalue weighted by Crippen LogP contribution is 2.32. The van der Waals surface area contributed by atoms with Gasteiger partial charge < -0.3 is 14.8 Å². The fraction of sp³-hybridized carbons (Fsp3) is 0.464. The van der Waals surface area contributed by atoms with E-state index in [0.29, 0.717) is 19.1 Å². The quantitative estimate of drug-likeness (QED) is 0.466. The van der Waals surface area contributed by atoms with Crippen molar-refractivity contribution in [2.45, 2.75) is 71.1 Å². The van der Waals surface area contributed by atoms with Gasteiger partial charge in [0.15, 0.2) is 5.78 Å². The number of carbonyl (C=O) groups is 1. The van der Waals surface area contributed by atoms with Gasteiger partial charge in [0.1, 0.15) is 18.5 Å². The van der Waals surface area contributed by atoms with Crippen molar-refractivity contribution in [3.63, 3.8) is 0 Å². The molecular formula is C28H35NO3. The molecule has 2 aromatic rings. The van der Waals surface area contributed by atoms with Gasteiger partial charge in [0, 0.05) is 18.2 Å². The predicted molar refractivity (Wildman–Crippen MR) is 130 cm³/mol. The fourth-order valence-corrected chi connectivity index (χ4v) is 4.33. The molecule has 170 valence electrons. The summed E-state index contributed by atoms with van der Waals surface area (Å²) >= 11 is 0. The second kappa shape index (κ2) is 12.9. The lowest BCUT2D eigenvalue weighted by molar-refractivity contribution is -0.131. The Morgan fingerprint density at radius 2 is 1.84 bits per heavy atom. The molecule has 32 heavy (non-hydrogen) atoms. The minimum atomic E-state index is -0.502. The predicted octanol–water partition coefficient (Wildman–Crippen LogP) is 6.01. The topological polar surface area (TPSA) is 47.6 Å². The number of ether oxygens (including phenoxy) is 2. The SMILES string of the molecule is CCC#CCOc1cccc(N[C@@H](C2CCCCC2)[C@H](OCc2ccccc2)C(C)=O)c1. The smallest absolute Gasteiger partial charge is 0.160 e. The summed E-state index contributed by atoms with van der Waals surface area (Å²) in [5, 5.41) is 3.65. The Morgan fingerprint density at radius 1 is 1.06 bits per heavy atom. The maximum Gasteiger partial charge on any atom is 0.160 e. The number of Topliss-reactive ketones (excluding diaryl/α,β-unsaturated/α-hetero) is 1. The molecule has 0 unspecified atom stereocenters. The summed E-state index contributed by atoms with van der Waals surface area (Å²) in [6.45, 7) is 4.46. The summed E-state index contributed by atoms with van der Waals surface area (Å²) in [5.74, 6) is 7.25. The maximum atomic E-state index is 12.7. The molecule has 0 radical (unpaired) electrons. The molecule has 1 saturated carbocycles. The number of hydrogen-bond donors (Lipinski definition) is 1. The van der Waals surface area contributed by atoms with Crippen molar-refractivity contribution in [1.29, 1.82) is 0 Å². The second-order valence-corrected chi connectivity index (χ2v) is 8.42. The standard InChI is InChI=1S/C28H35NO3/c1-3-4-11-19-31-26-18-12-17-25(20-26)29-27(24-15-9-6-10-16-24)28(22(2)30)32-21-23-13-7-5-8-14-23/h5,7-8,12-14,17-18,20,24,27-29H,3,6,9-10,15-16,19,21H2,1-2H3/t27-,28+/m0/s1. The zero-order chi connectivity index (χ0) is 22.6. The highest BCUT2D eigenvalue weighted by atomic mass is 16.5. The van der Waals surface area contributed by atoms with Crippen molar-refractivity contribution in [2.75, 3.05) is 11.9 Å². The molecule has 1 aliphatic rings. The third kappa shape index (κ3) is 7.43. The molecule has 1 N–H and O–H groups in total. The van der Waals surface area contributed by atoms with Gasteiger partial charge in [0.25, 0.3) is 0 Å². The zero-order valence-electron chi connectivity index (χ0n) is 19.3. The molecule has 0 spiro atoms. The van der Waals surface area contributed by atoms with Crippen LogP contribution in [0.1, 0.15) is 57.9 Å². The van der Waals surface area contributed by atoms with Crippen molar-refractivity contribution in [1.82, 2.24) is 0 Å². The van der Waals surface area contributed by atoms with Crippen LogP contribution in [0, 0.1) is 17.8 Å². The summed E-state index contributed by atoms with van der Waals surface area (Å²) in [7, 11) is 0. The Bertz CT molecular complexity index is 894. The Balaban J connectivity index is 1.76. The number of rotatable bonds is 10. The monoisotopic (exact) mass is 433 g/mol. The van der Waals surface area contributed by atoms with E-state index in [0.717, 1.165) is 36.3 Å².